The molecular weight excluding hydrogens is 781 g/mol. The van der Waals surface area contributed by atoms with Crippen molar-refractivity contribution < 1.29 is 28.6 Å². The minimum absolute atomic E-state index is 0.0613. The highest BCUT2D eigenvalue weighted by atomic mass is 16.6. The highest BCUT2D eigenvalue weighted by Gasteiger charge is 2.19. The summed E-state index contributed by atoms with van der Waals surface area (Å²) in [6.07, 6.45) is 58.1. The van der Waals surface area contributed by atoms with Crippen LogP contribution in [0.15, 0.2) is 0 Å². The molecule has 0 bridgehead atoms. The third-order valence-electron chi connectivity index (χ3n) is 13.1. The molecule has 6 nitrogen and oxygen atoms in total. The molecule has 0 spiro atoms. The highest BCUT2D eigenvalue weighted by Crippen LogP contribution is 2.18. The fraction of sp³-hybridized carbons (Fsp3) is 0.947. The summed E-state index contributed by atoms with van der Waals surface area (Å²) >= 11 is 0. The van der Waals surface area contributed by atoms with Gasteiger partial charge in [-0.3, -0.25) is 14.4 Å². The summed E-state index contributed by atoms with van der Waals surface area (Å²) in [5.74, 6) is -0.834. The molecule has 0 fully saturated rings. The number of ether oxygens (including phenoxy) is 3. The topological polar surface area (TPSA) is 78.9 Å². The molecule has 0 radical (unpaired) electrons. The second-order valence-corrected chi connectivity index (χ2v) is 19.6. The molecule has 0 saturated heterocycles. The lowest BCUT2D eigenvalue weighted by atomic mass is 10.0. The van der Waals surface area contributed by atoms with Crippen molar-refractivity contribution in [1.82, 2.24) is 0 Å². The lowest BCUT2D eigenvalue weighted by Crippen LogP contribution is -2.30. The second kappa shape index (κ2) is 53.0. The SMILES string of the molecule is CCCCCCCCCCCCCCCCCCCC(=O)OCC(COC(=O)CCCCCCCCCCCCCCCCCCC)OC(=O)CCCCCCCCCCCCC. The monoisotopic (exact) mass is 891 g/mol. The van der Waals surface area contributed by atoms with Gasteiger partial charge in [0.2, 0.25) is 0 Å². The fourth-order valence-corrected chi connectivity index (χ4v) is 8.80. The van der Waals surface area contributed by atoms with Crippen molar-refractivity contribution in [2.45, 2.75) is 335 Å². The Kier molecular flexibility index (Phi) is 51.7. The van der Waals surface area contributed by atoms with Gasteiger partial charge in [-0.1, -0.05) is 290 Å². The molecule has 63 heavy (non-hydrogen) atoms. The molecule has 374 valence electrons. The Morgan fingerprint density at radius 2 is 0.429 bits per heavy atom. The third-order valence-corrected chi connectivity index (χ3v) is 13.1. The maximum atomic E-state index is 12.8. The van der Waals surface area contributed by atoms with Gasteiger partial charge in [-0.25, -0.2) is 0 Å². The number of rotatable bonds is 53. The summed E-state index contributed by atoms with van der Waals surface area (Å²) in [5.41, 5.74) is 0. The molecule has 0 aromatic carbocycles. The van der Waals surface area contributed by atoms with E-state index in [4.69, 9.17) is 14.2 Å². The van der Waals surface area contributed by atoms with Gasteiger partial charge < -0.3 is 14.2 Å². The van der Waals surface area contributed by atoms with Crippen LogP contribution in [0, 0.1) is 0 Å². The van der Waals surface area contributed by atoms with E-state index in [2.05, 4.69) is 20.8 Å². The van der Waals surface area contributed by atoms with Gasteiger partial charge in [0.05, 0.1) is 0 Å². The van der Waals surface area contributed by atoms with Gasteiger partial charge in [-0.05, 0) is 19.3 Å². The van der Waals surface area contributed by atoms with Crippen LogP contribution in [0.4, 0.5) is 0 Å². The van der Waals surface area contributed by atoms with Gasteiger partial charge in [0, 0.05) is 19.3 Å². The fourth-order valence-electron chi connectivity index (χ4n) is 8.80. The minimum atomic E-state index is -0.760. The molecule has 0 aliphatic carbocycles. The van der Waals surface area contributed by atoms with Crippen molar-refractivity contribution in [1.29, 1.82) is 0 Å². The Labute approximate surface area is 393 Å². The number of carbonyl (C=O) groups excluding carboxylic acids is 3. The first-order valence-electron chi connectivity index (χ1n) is 28.5. The van der Waals surface area contributed by atoms with Gasteiger partial charge >= 0.3 is 17.9 Å². The van der Waals surface area contributed by atoms with E-state index in [9.17, 15) is 14.4 Å². The van der Waals surface area contributed by atoms with E-state index < -0.39 is 6.10 Å². The van der Waals surface area contributed by atoms with E-state index in [1.54, 1.807) is 0 Å². The number of unbranched alkanes of at least 4 members (excludes halogenated alkanes) is 42. The van der Waals surface area contributed by atoms with Crippen molar-refractivity contribution >= 4 is 17.9 Å². The average Bonchev–Trinajstić information content (AvgIpc) is 3.28. The molecule has 0 heterocycles. The molecule has 0 rings (SSSR count). The highest BCUT2D eigenvalue weighted by molar-refractivity contribution is 5.71. The second-order valence-electron chi connectivity index (χ2n) is 19.6. The summed E-state index contributed by atoms with van der Waals surface area (Å²) in [6.45, 7) is 6.70. The lowest BCUT2D eigenvalue weighted by molar-refractivity contribution is -0.167. The summed E-state index contributed by atoms with van der Waals surface area (Å²) in [7, 11) is 0. The maximum absolute atomic E-state index is 12.8. The minimum Gasteiger partial charge on any atom is -0.462 e. The quantitative estimate of drug-likeness (QED) is 0.0344. The molecule has 0 saturated carbocycles. The zero-order valence-corrected chi connectivity index (χ0v) is 42.9. The molecule has 0 aromatic rings. The van der Waals surface area contributed by atoms with E-state index in [1.165, 1.54) is 231 Å². The molecule has 0 amide bonds. The van der Waals surface area contributed by atoms with Gasteiger partial charge in [0.15, 0.2) is 6.10 Å². The van der Waals surface area contributed by atoms with Crippen molar-refractivity contribution in [2.75, 3.05) is 13.2 Å². The predicted octanol–water partition coefficient (Wildman–Crippen LogP) is 18.8. The van der Waals surface area contributed by atoms with Crippen LogP contribution >= 0.6 is 0 Å². The van der Waals surface area contributed by atoms with E-state index >= 15 is 0 Å². The van der Waals surface area contributed by atoms with E-state index in [0.29, 0.717) is 19.3 Å². The summed E-state index contributed by atoms with van der Waals surface area (Å²) in [4.78, 5) is 38.1. The average molecular weight is 892 g/mol. The first kappa shape index (κ1) is 61.4. The molecule has 0 atom stereocenters. The van der Waals surface area contributed by atoms with Crippen molar-refractivity contribution in [3.8, 4) is 0 Å². The molecule has 0 N–H and O–H groups in total. The largest absolute Gasteiger partial charge is 0.462 e. The van der Waals surface area contributed by atoms with Crippen LogP contribution in [0.5, 0.6) is 0 Å². The Morgan fingerprint density at radius 1 is 0.254 bits per heavy atom. The normalized spacial score (nSPS) is 11.4. The molecule has 0 unspecified atom stereocenters. The Morgan fingerprint density at radius 3 is 0.635 bits per heavy atom. The molecule has 0 aromatic heterocycles. The van der Waals surface area contributed by atoms with E-state index in [0.717, 1.165) is 57.8 Å². The van der Waals surface area contributed by atoms with E-state index in [1.807, 2.05) is 0 Å². The molecule has 0 aliphatic rings. The van der Waals surface area contributed by atoms with Gasteiger partial charge in [-0.15, -0.1) is 0 Å². The van der Waals surface area contributed by atoms with Crippen LogP contribution < -0.4 is 0 Å². The Hall–Kier alpha value is -1.59. The lowest BCUT2D eigenvalue weighted by Gasteiger charge is -2.18. The van der Waals surface area contributed by atoms with Crippen molar-refractivity contribution in [3.05, 3.63) is 0 Å². The first-order chi connectivity index (χ1) is 31.0. The number of esters is 3. The molecule has 6 heteroatoms. The standard InChI is InChI=1S/C57H110O6/c1-4-7-10-13-16-19-22-24-26-28-30-32-35-37-40-43-46-49-55(58)61-52-54(63-57(60)51-48-45-42-39-34-21-18-15-12-9-6-3)53-62-56(59)50-47-44-41-38-36-33-31-29-27-25-23-20-17-14-11-8-5-2/h54H,4-53H2,1-3H3. The van der Waals surface area contributed by atoms with Crippen LogP contribution in [0.25, 0.3) is 0 Å². The van der Waals surface area contributed by atoms with Crippen LogP contribution in [-0.4, -0.2) is 37.2 Å². The van der Waals surface area contributed by atoms with Gasteiger partial charge in [0.1, 0.15) is 13.2 Å². The Bertz CT molecular complexity index is 882. The van der Waals surface area contributed by atoms with Crippen LogP contribution in [0.3, 0.4) is 0 Å². The summed E-state index contributed by atoms with van der Waals surface area (Å²) in [6, 6.07) is 0. The number of carbonyl (C=O) groups is 3. The first-order valence-corrected chi connectivity index (χ1v) is 28.5. The van der Waals surface area contributed by atoms with Crippen LogP contribution in [0.2, 0.25) is 0 Å². The smallest absolute Gasteiger partial charge is 0.306 e. The summed E-state index contributed by atoms with van der Waals surface area (Å²) in [5, 5.41) is 0. The molecular formula is C57H110O6. The zero-order valence-electron chi connectivity index (χ0n) is 42.9. The zero-order chi connectivity index (χ0) is 45.8. The van der Waals surface area contributed by atoms with Gasteiger partial charge in [-0.2, -0.15) is 0 Å². The third kappa shape index (κ3) is 51.3. The van der Waals surface area contributed by atoms with Gasteiger partial charge in [0.25, 0.3) is 0 Å². The van der Waals surface area contributed by atoms with Crippen molar-refractivity contribution in [2.24, 2.45) is 0 Å². The van der Waals surface area contributed by atoms with Crippen molar-refractivity contribution in [3.63, 3.8) is 0 Å². The van der Waals surface area contributed by atoms with Crippen LogP contribution in [0.1, 0.15) is 329 Å². The Balaban J connectivity index is 4.24. The van der Waals surface area contributed by atoms with E-state index in [-0.39, 0.29) is 31.1 Å². The predicted molar refractivity (Wildman–Crippen MR) is 270 cm³/mol. The summed E-state index contributed by atoms with van der Waals surface area (Å²) < 4.78 is 16.9. The maximum Gasteiger partial charge on any atom is 0.306 e. The number of hydrogen-bond donors (Lipinski definition) is 0. The molecule has 0 aliphatic heterocycles. The van der Waals surface area contributed by atoms with Crippen LogP contribution in [-0.2, 0) is 28.6 Å². The number of hydrogen-bond acceptors (Lipinski definition) is 6.